The highest BCUT2D eigenvalue weighted by molar-refractivity contribution is 6.31. The van der Waals surface area contributed by atoms with Crippen LogP contribution >= 0.6 is 11.6 Å². The minimum Gasteiger partial charge on any atom is -0.312 e. The van der Waals surface area contributed by atoms with Gasteiger partial charge in [-0.15, -0.1) is 0 Å². The highest BCUT2D eigenvalue weighted by atomic mass is 35.5. The summed E-state index contributed by atoms with van der Waals surface area (Å²) in [5.41, 5.74) is 6.37. The lowest BCUT2D eigenvalue weighted by Gasteiger charge is -2.32. The van der Waals surface area contributed by atoms with Gasteiger partial charge in [0.15, 0.2) is 0 Å². The molecule has 2 bridgehead atoms. The minimum atomic E-state index is 0.513. The molecular weight excluding hydrogens is 318 g/mol. The van der Waals surface area contributed by atoms with E-state index in [2.05, 4.69) is 45.8 Å². The average molecular weight is 338 g/mol. The van der Waals surface area contributed by atoms with Crippen molar-refractivity contribution < 1.29 is 0 Å². The first-order chi connectivity index (χ1) is 11.6. The third-order valence-corrected chi connectivity index (χ3v) is 6.06. The lowest BCUT2D eigenvalue weighted by atomic mass is 9.97. The number of fused-ring (bicyclic) bond motifs is 6. The van der Waals surface area contributed by atoms with Crippen LogP contribution in [-0.2, 0) is 6.42 Å². The molecule has 3 aromatic rings. The molecule has 4 heterocycles. The molecule has 2 atom stereocenters. The number of aryl methyl sites for hydroxylation is 1. The van der Waals surface area contributed by atoms with E-state index in [4.69, 9.17) is 11.6 Å². The van der Waals surface area contributed by atoms with E-state index in [0.717, 1.165) is 22.8 Å². The average Bonchev–Trinajstić information content (AvgIpc) is 2.99. The van der Waals surface area contributed by atoms with Gasteiger partial charge >= 0.3 is 0 Å². The van der Waals surface area contributed by atoms with E-state index in [9.17, 15) is 0 Å². The summed E-state index contributed by atoms with van der Waals surface area (Å²) >= 11 is 6.34. The molecule has 24 heavy (non-hydrogen) atoms. The Morgan fingerprint density at radius 2 is 2.04 bits per heavy atom. The monoisotopic (exact) mass is 337 g/mol. The van der Waals surface area contributed by atoms with E-state index in [1.807, 2.05) is 19.2 Å². The van der Waals surface area contributed by atoms with Crippen LogP contribution in [0.2, 0.25) is 5.02 Å². The third-order valence-electron chi connectivity index (χ3n) is 5.83. The van der Waals surface area contributed by atoms with Crippen LogP contribution in [0.1, 0.15) is 35.8 Å². The molecule has 3 nitrogen and oxygen atoms in total. The SMILES string of the molecule is Cc1ccc(-n2c3c(c4cc(Cl)ccc42)C2CCC(C3)N2C)cn1. The van der Waals surface area contributed by atoms with Crippen LogP contribution < -0.4 is 0 Å². The quantitative estimate of drug-likeness (QED) is 0.643. The summed E-state index contributed by atoms with van der Waals surface area (Å²) < 4.78 is 2.41. The molecule has 2 aliphatic heterocycles. The highest BCUT2D eigenvalue weighted by Gasteiger charge is 2.41. The Balaban J connectivity index is 1.85. The molecule has 0 radical (unpaired) electrons. The van der Waals surface area contributed by atoms with E-state index in [0.29, 0.717) is 12.1 Å². The van der Waals surface area contributed by atoms with E-state index < -0.39 is 0 Å². The first-order valence-corrected chi connectivity index (χ1v) is 8.99. The number of pyridine rings is 1. The molecule has 2 aliphatic rings. The van der Waals surface area contributed by atoms with Gasteiger partial charge in [0.05, 0.1) is 17.4 Å². The molecule has 2 unspecified atom stereocenters. The van der Waals surface area contributed by atoms with Crippen molar-refractivity contribution >= 4 is 22.5 Å². The molecule has 1 fully saturated rings. The van der Waals surface area contributed by atoms with Crippen molar-refractivity contribution in [2.45, 2.75) is 38.3 Å². The van der Waals surface area contributed by atoms with Crippen LogP contribution in [0.15, 0.2) is 36.5 Å². The topological polar surface area (TPSA) is 21.1 Å². The second-order valence-electron chi connectivity index (χ2n) is 7.13. The first-order valence-electron chi connectivity index (χ1n) is 8.61. The minimum absolute atomic E-state index is 0.513. The summed E-state index contributed by atoms with van der Waals surface area (Å²) in [5.74, 6) is 0. The van der Waals surface area contributed by atoms with E-state index in [-0.39, 0.29) is 0 Å². The van der Waals surface area contributed by atoms with Gasteiger partial charge in [-0.3, -0.25) is 9.88 Å². The number of hydrogen-bond acceptors (Lipinski definition) is 2. The molecule has 0 saturated carbocycles. The van der Waals surface area contributed by atoms with Gasteiger partial charge in [-0.2, -0.15) is 0 Å². The molecule has 4 heteroatoms. The number of hydrogen-bond donors (Lipinski definition) is 0. The zero-order valence-electron chi connectivity index (χ0n) is 14.0. The zero-order chi connectivity index (χ0) is 16.4. The van der Waals surface area contributed by atoms with Crippen molar-refractivity contribution in [2.75, 3.05) is 7.05 Å². The summed E-state index contributed by atoms with van der Waals surface area (Å²) in [6.45, 7) is 2.03. The standard InChI is InChI=1S/C20H20ClN3/c1-12-3-5-15(11-22-12)24-17-7-4-13(21)9-16(17)20-18-8-6-14(23(18)2)10-19(20)24/h3-5,7,9,11,14,18H,6,8,10H2,1-2H3. The Hall–Kier alpha value is -1.84. The van der Waals surface area contributed by atoms with Crippen LogP contribution in [0.3, 0.4) is 0 Å². The maximum atomic E-state index is 6.34. The van der Waals surface area contributed by atoms with Gasteiger partial charge in [-0.1, -0.05) is 11.6 Å². The normalized spacial score (nSPS) is 23.0. The largest absolute Gasteiger partial charge is 0.312 e. The van der Waals surface area contributed by atoms with E-state index in [1.165, 1.54) is 35.0 Å². The number of halogens is 1. The number of rotatable bonds is 1. The van der Waals surface area contributed by atoms with Gasteiger partial charge < -0.3 is 4.57 Å². The van der Waals surface area contributed by atoms with Crippen molar-refractivity contribution in [2.24, 2.45) is 0 Å². The van der Waals surface area contributed by atoms with Gasteiger partial charge in [0.1, 0.15) is 0 Å². The molecule has 0 amide bonds. The predicted molar refractivity (Wildman–Crippen MR) is 98.0 cm³/mol. The van der Waals surface area contributed by atoms with Crippen LogP contribution in [0.25, 0.3) is 16.6 Å². The molecule has 1 aromatic carbocycles. The van der Waals surface area contributed by atoms with E-state index >= 15 is 0 Å². The number of aromatic nitrogens is 2. The second-order valence-corrected chi connectivity index (χ2v) is 7.57. The number of benzene rings is 1. The van der Waals surface area contributed by atoms with E-state index in [1.54, 1.807) is 0 Å². The molecular formula is C20H20ClN3. The zero-order valence-corrected chi connectivity index (χ0v) is 14.7. The van der Waals surface area contributed by atoms with Crippen molar-refractivity contribution in [3.05, 3.63) is 58.5 Å². The Morgan fingerprint density at radius 3 is 2.83 bits per heavy atom. The lowest BCUT2D eigenvalue weighted by Crippen LogP contribution is -2.34. The fourth-order valence-corrected chi connectivity index (χ4v) is 4.80. The number of likely N-dealkylation sites (N-methyl/N-ethyl adjacent to an activating group) is 1. The van der Waals surface area contributed by atoms with Gasteiger partial charge in [-0.25, -0.2) is 0 Å². The van der Waals surface area contributed by atoms with Crippen LogP contribution in [0.5, 0.6) is 0 Å². The predicted octanol–water partition coefficient (Wildman–Crippen LogP) is 4.68. The maximum Gasteiger partial charge on any atom is 0.0642 e. The molecule has 122 valence electrons. The Kier molecular flexibility index (Phi) is 3.07. The van der Waals surface area contributed by atoms with Crippen molar-refractivity contribution in [3.8, 4) is 5.69 Å². The van der Waals surface area contributed by atoms with Gasteiger partial charge in [0.25, 0.3) is 0 Å². The van der Waals surface area contributed by atoms with Gasteiger partial charge in [-0.05, 0) is 62.7 Å². The van der Waals surface area contributed by atoms with Gasteiger partial charge in [0, 0.05) is 40.3 Å². The molecule has 2 aromatic heterocycles. The fourth-order valence-electron chi connectivity index (χ4n) is 4.63. The summed E-state index contributed by atoms with van der Waals surface area (Å²) in [6, 6.07) is 11.7. The fraction of sp³-hybridized carbons (Fsp3) is 0.350. The summed E-state index contributed by atoms with van der Waals surface area (Å²) in [7, 11) is 2.27. The lowest BCUT2D eigenvalue weighted by molar-refractivity contribution is 0.223. The maximum absolute atomic E-state index is 6.34. The summed E-state index contributed by atoms with van der Waals surface area (Å²) in [5, 5.41) is 2.11. The molecule has 5 rings (SSSR count). The Bertz CT molecular complexity index is 942. The molecule has 0 N–H and O–H groups in total. The Labute approximate surface area is 146 Å². The summed E-state index contributed by atoms with van der Waals surface area (Å²) in [6.07, 6.45) is 5.61. The van der Waals surface area contributed by atoms with Crippen LogP contribution in [0, 0.1) is 6.92 Å². The van der Waals surface area contributed by atoms with Crippen LogP contribution in [-0.4, -0.2) is 27.5 Å². The van der Waals surface area contributed by atoms with Crippen molar-refractivity contribution in [3.63, 3.8) is 0 Å². The summed E-state index contributed by atoms with van der Waals surface area (Å²) in [4.78, 5) is 7.08. The van der Waals surface area contributed by atoms with Crippen molar-refractivity contribution in [1.82, 2.24) is 14.5 Å². The van der Waals surface area contributed by atoms with Crippen molar-refractivity contribution in [1.29, 1.82) is 0 Å². The van der Waals surface area contributed by atoms with Gasteiger partial charge in [0.2, 0.25) is 0 Å². The molecule has 0 aliphatic carbocycles. The second kappa shape index (κ2) is 5.08. The molecule has 0 spiro atoms. The van der Waals surface area contributed by atoms with Crippen LogP contribution in [0.4, 0.5) is 0 Å². The smallest absolute Gasteiger partial charge is 0.0642 e. The number of nitrogens with zero attached hydrogens (tertiary/aromatic N) is 3. The first kappa shape index (κ1) is 14.5. The Morgan fingerprint density at radius 1 is 1.17 bits per heavy atom. The highest BCUT2D eigenvalue weighted by Crippen LogP contribution is 2.47. The molecule has 1 saturated heterocycles. The third kappa shape index (κ3) is 1.92.